The maximum absolute atomic E-state index is 11.2. The van der Waals surface area contributed by atoms with Crippen LogP contribution < -0.4 is 10.6 Å². The minimum atomic E-state index is 0.220. The molecule has 1 heterocycles. The highest BCUT2D eigenvalue weighted by Crippen LogP contribution is 2.09. The van der Waals surface area contributed by atoms with Crippen LogP contribution in [0.1, 0.15) is 19.8 Å². The Kier molecular flexibility index (Phi) is 4.13. The number of rotatable bonds is 2. The van der Waals surface area contributed by atoms with Crippen molar-refractivity contribution in [3.8, 4) is 0 Å². The van der Waals surface area contributed by atoms with Gasteiger partial charge in [0.15, 0.2) is 5.11 Å². The van der Waals surface area contributed by atoms with Crippen LogP contribution in [0.25, 0.3) is 0 Å². The molecule has 1 rings (SSSR count). The third-order valence-corrected chi connectivity index (χ3v) is 2.56. The Balaban J connectivity index is 2.32. The van der Waals surface area contributed by atoms with Gasteiger partial charge in [0.05, 0.1) is 0 Å². The van der Waals surface area contributed by atoms with E-state index in [1.807, 2.05) is 14.0 Å². The molecule has 1 saturated heterocycles. The molecular weight excluding hydrogens is 198 g/mol. The van der Waals surface area contributed by atoms with Gasteiger partial charge in [-0.25, -0.2) is 0 Å². The molecule has 4 nitrogen and oxygen atoms in total. The number of carbonyl (C=O) groups excluding carboxylic acids is 1. The highest BCUT2D eigenvalue weighted by molar-refractivity contribution is 7.80. The monoisotopic (exact) mass is 215 g/mol. The third-order valence-electron chi connectivity index (χ3n) is 2.30. The number of likely N-dealkylation sites (N-methyl/N-ethyl adjacent to an activating group) is 1. The largest absolute Gasteiger partial charge is 0.363 e. The minimum Gasteiger partial charge on any atom is -0.363 e. The van der Waals surface area contributed by atoms with Gasteiger partial charge in [-0.05, 0) is 25.6 Å². The van der Waals surface area contributed by atoms with E-state index in [1.54, 1.807) is 4.90 Å². The molecule has 0 spiro atoms. The molecule has 2 N–H and O–H groups in total. The van der Waals surface area contributed by atoms with E-state index in [0.717, 1.165) is 19.5 Å². The second kappa shape index (κ2) is 5.14. The molecule has 5 heteroatoms. The van der Waals surface area contributed by atoms with Crippen molar-refractivity contribution in [3.63, 3.8) is 0 Å². The maximum Gasteiger partial charge on any atom is 0.222 e. The van der Waals surface area contributed by atoms with Crippen molar-refractivity contribution >= 4 is 23.2 Å². The molecule has 0 aromatic rings. The summed E-state index contributed by atoms with van der Waals surface area (Å²) in [6.45, 7) is 3.57. The molecule has 1 atom stereocenters. The Morgan fingerprint density at radius 3 is 3.00 bits per heavy atom. The van der Waals surface area contributed by atoms with Gasteiger partial charge in [-0.15, -0.1) is 0 Å². The third kappa shape index (κ3) is 3.14. The average molecular weight is 215 g/mol. The Bertz CT molecular complexity index is 232. The first-order valence-corrected chi connectivity index (χ1v) is 5.32. The van der Waals surface area contributed by atoms with Crippen LogP contribution in [-0.2, 0) is 4.79 Å². The molecule has 0 aromatic heterocycles. The van der Waals surface area contributed by atoms with Gasteiger partial charge in [0.25, 0.3) is 0 Å². The predicted octanol–water partition coefficient (Wildman–Crippen LogP) is 0.0912. The second-order valence-corrected chi connectivity index (χ2v) is 3.92. The molecule has 1 fully saturated rings. The fraction of sp³-hybridized carbons (Fsp3) is 0.778. The summed E-state index contributed by atoms with van der Waals surface area (Å²) >= 11 is 5.08. The van der Waals surface area contributed by atoms with Crippen molar-refractivity contribution in [1.82, 2.24) is 15.5 Å². The highest BCUT2D eigenvalue weighted by Gasteiger charge is 2.22. The molecule has 0 radical (unpaired) electrons. The zero-order chi connectivity index (χ0) is 10.6. The summed E-state index contributed by atoms with van der Waals surface area (Å²) in [4.78, 5) is 12.9. The molecular formula is C9H17N3OS. The van der Waals surface area contributed by atoms with Crippen molar-refractivity contribution < 1.29 is 4.79 Å². The summed E-state index contributed by atoms with van der Waals surface area (Å²) in [5.74, 6) is 0.220. The summed E-state index contributed by atoms with van der Waals surface area (Å²) in [6, 6.07) is 0.296. The van der Waals surface area contributed by atoms with E-state index < -0.39 is 0 Å². The van der Waals surface area contributed by atoms with Crippen LogP contribution in [0, 0.1) is 0 Å². The van der Waals surface area contributed by atoms with Gasteiger partial charge in [0, 0.05) is 32.6 Å². The fourth-order valence-corrected chi connectivity index (χ4v) is 1.84. The maximum atomic E-state index is 11.2. The highest BCUT2D eigenvalue weighted by atomic mass is 32.1. The molecule has 80 valence electrons. The number of piperidine rings is 1. The zero-order valence-electron chi connectivity index (χ0n) is 8.67. The lowest BCUT2D eigenvalue weighted by Crippen LogP contribution is -2.50. The van der Waals surface area contributed by atoms with Gasteiger partial charge in [0.1, 0.15) is 0 Å². The molecule has 0 aliphatic carbocycles. The van der Waals surface area contributed by atoms with Gasteiger partial charge in [-0.1, -0.05) is 0 Å². The minimum absolute atomic E-state index is 0.220. The van der Waals surface area contributed by atoms with Gasteiger partial charge in [0.2, 0.25) is 5.91 Å². The lowest BCUT2D eigenvalue weighted by molar-refractivity contribution is -0.132. The summed E-state index contributed by atoms with van der Waals surface area (Å²) in [5, 5.41) is 6.91. The van der Waals surface area contributed by atoms with Crippen molar-refractivity contribution in [2.24, 2.45) is 0 Å². The Labute approximate surface area is 90.0 Å². The van der Waals surface area contributed by atoms with Gasteiger partial charge in [-0.3, -0.25) is 4.79 Å². The van der Waals surface area contributed by atoms with Crippen molar-refractivity contribution in [2.75, 3.05) is 20.1 Å². The van der Waals surface area contributed by atoms with Crippen LogP contribution in [0.2, 0.25) is 0 Å². The number of hydrogen-bond donors (Lipinski definition) is 2. The summed E-state index contributed by atoms with van der Waals surface area (Å²) in [6.07, 6.45) is 1.48. The van der Waals surface area contributed by atoms with Crippen LogP contribution in [0.5, 0.6) is 0 Å². The topological polar surface area (TPSA) is 44.4 Å². The SMILES string of the molecule is CCNC(=S)NC1CCC(=O)N(C)C1. The van der Waals surface area contributed by atoms with Crippen LogP contribution in [0.15, 0.2) is 0 Å². The Morgan fingerprint density at radius 2 is 2.43 bits per heavy atom. The predicted molar refractivity (Wildman–Crippen MR) is 60.1 cm³/mol. The molecule has 1 aliphatic rings. The number of hydrogen-bond acceptors (Lipinski definition) is 2. The lowest BCUT2D eigenvalue weighted by Gasteiger charge is -2.30. The second-order valence-electron chi connectivity index (χ2n) is 3.51. The van der Waals surface area contributed by atoms with E-state index in [9.17, 15) is 4.79 Å². The van der Waals surface area contributed by atoms with E-state index >= 15 is 0 Å². The van der Waals surface area contributed by atoms with E-state index in [4.69, 9.17) is 12.2 Å². The quantitative estimate of drug-likeness (QED) is 0.641. The Hall–Kier alpha value is -0.840. The number of likely N-dealkylation sites (tertiary alicyclic amines) is 1. The molecule has 1 aliphatic heterocycles. The zero-order valence-corrected chi connectivity index (χ0v) is 9.49. The first-order valence-electron chi connectivity index (χ1n) is 4.91. The van der Waals surface area contributed by atoms with Crippen LogP contribution in [0.3, 0.4) is 0 Å². The molecule has 0 bridgehead atoms. The van der Waals surface area contributed by atoms with E-state index in [2.05, 4.69) is 10.6 Å². The van der Waals surface area contributed by atoms with Gasteiger partial charge in [-0.2, -0.15) is 0 Å². The summed E-state index contributed by atoms with van der Waals surface area (Å²) < 4.78 is 0. The van der Waals surface area contributed by atoms with Crippen LogP contribution in [-0.4, -0.2) is 42.1 Å². The molecule has 1 amide bonds. The normalized spacial score (nSPS) is 22.0. The van der Waals surface area contributed by atoms with Crippen molar-refractivity contribution in [2.45, 2.75) is 25.8 Å². The average Bonchev–Trinajstić information content (AvgIpc) is 2.12. The number of nitrogens with one attached hydrogen (secondary N) is 2. The van der Waals surface area contributed by atoms with Gasteiger partial charge >= 0.3 is 0 Å². The molecule has 0 aromatic carbocycles. The first kappa shape index (κ1) is 11.2. The number of nitrogens with zero attached hydrogens (tertiary/aromatic N) is 1. The number of amides is 1. The summed E-state index contributed by atoms with van der Waals surface area (Å²) in [5.41, 5.74) is 0. The van der Waals surface area contributed by atoms with E-state index in [1.165, 1.54) is 0 Å². The molecule has 1 unspecified atom stereocenters. The van der Waals surface area contributed by atoms with Crippen LogP contribution >= 0.6 is 12.2 Å². The first-order chi connectivity index (χ1) is 6.63. The molecule has 0 saturated carbocycles. The molecule has 14 heavy (non-hydrogen) atoms. The smallest absolute Gasteiger partial charge is 0.222 e. The fourth-order valence-electron chi connectivity index (χ4n) is 1.53. The van der Waals surface area contributed by atoms with Gasteiger partial charge < -0.3 is 15.5 Å². The summed E-state index contributed by atoms with van der Waals surface area (Å²) in [7, 11) is 1.83. The number of carbonyl (C=O) groups is 1. The van der Waals surface area contributed by atoms with E-state index in [0.29, 0.717) is 17.6 Å². The van der Waals surface area contributed by atoms with Crippen LogP contribution in [0.4, 0.5) is 0 Å². The van der Waals surface area contributed by atoms with Crippen molar-refractivity contribution in [3.05, 3.63) is 0 Å². The van der Waals surface area contributed by atoms with Crippen molar-refractivity contribution in [1.29, 1.82) is 0 Å². The van der Waals surface area contributed by atoms with E-state index in [-0.39, 0.29) is 5.91 Å². The Morgan fingerprint density at radius 1 is 1.71 bits per heavy atom. The lowest BCUT2D eigenvalue weighted by atomic mass is 10.1. The standard InChI is InChI=1S/C9H17N3OS/c1-3-10-9(14)11-7-4-5-8(13)12(2)6-7/h7H,3-6H2,1-2H3,(H2,10,11,14). The number of thiocarbonyl (C=S) groups is 1.